The average molecular weight is 252 g/mol. The summed E-state index contributed by atoms with van der Waals surface area (Å²) >= 11 is 4.79. The quantitative estimate of drug-likeness (QED) is 0.821. The maximum absolute atomic E-state index is 13.8. The fourth-order valence-electron chi connectivity index (χ4n) is 2.54. The minimum Gasteiger partial charge on any atom is -0.389 e. The van der Waals surface area contributed by atoms with Gasteiger partial charge in [0.1, 0.15) is 10.8 Å². The summed E-state index contributed by atoms with van der Waals surface area (Å²) in [7, 11) is 0. The molecule has 1 saturated heterocycles. The van der Waals surface area contributed by atoms with Crippen LogP contribution in [0.15, 0.2) is 18.2 Å². The molecule has 0 radical (unpaired) electrons. The third kappa shape index (κ3) is 2.41. The molecule has 0 amide bonds. The summed E-state index contributed by atoms with van der Waals surface area (Å²) < 4.78 is 13.8. The fraction of sp³-hybridized carbons (Fsp3) is 0.462. The van der Waals surface area contributed by atoms with Crippen LogP contribution in [0.2, 0.25) is 0 Å². The van der Waals surface area contributed by atoms with Crippen molar-refractivity contribution in [1.82, 2.24) is 0 Å². The predicted octanol–water partition coefficient (Wildman–Crippen LogP) is 2.69. The second-order valence-electron chi connectivity index (χ2n) is 4.87. The molecule has 0 saturated carbocycles. The maximum Gasteiger partial charge on any atom is 0.135 e. The number of hydrogen-bond acceptors (Lipinski definition) is 2. The normalized spacial score (nSPS) is 24.1. The Bertz CT molecular complexity index is 447. The molecular formula is C13H17FN2S. The second kappa shape index (κ2) is 4.61. The summed E-state index contributed by atoms with van der Waals surface area (Å²) in [5.41, 5.74) is 6.68. The Morgan fingerprint density at radius 1 is 1.47 bits per heavy atom. The van der Waals surface area contributed by atoms with E-state index in [-0.39, 0.29) is 10.8 Å². The lowest BCUT2D eigenvalue weighted by Gasteiger charge is -2.24. The molecular weight excluding hydrogens is 235 g/mol. The average Bonchev–Trinajstić information content (AvgIpc) is 2.57. The van der Waals surface area contributed by atoms with Crippen molar-refractivity contribution >= 4 is 22.9 Å². The minimum atomic E-state index is -0.332. The van der Waals surface area contributed by atoms with Crippen molar-refractivity contribution in [3.8, 4) is 0 Å². The van der Waals surface area contributed by atoms with E-state index in [9.17, 15) is 4.39 Å². The third-order valence-corrected chi connectivity index (χ3v) is 3.55. The molecule has 4 heteroatoms. The van der Waals surface area contributed by atoms with E-state index in [1.54, 1.807) is 6.07 Å². The molecule has 2 atom stereocenters. The molecule has 2 nitrogen and oxygen atoms in total. The van der Waals surface area contributed by atoms with Crippen molar-refractivity contribution in [3.05, 3.63) is 29.6 Å². The van der Waals surface area contributed by atoms with Gasteiger partial charge in [0.05, 0.1) is 0 Å². The SMILES string of the molecule is CC1CC(C)N(c2ccc(C(N)=S)c(F)c2)C1. The van der Waals surface area contributed by atoms with Crippen LogP contribution in [-0.2, 0) is 0 Å². The van der Waals surface area contributed by atoms with Crippen molar-refractivity contribution in [3.63, 3.8) is 0 Å². The lowest BCUT2D eigenvalue weighted by atomic mass is 10.1. The van der Waals surface area contributed by atoms with Gasteiger partial charge in [-0.25, -0.2) is 4.39 Å². The van der Waals surface area contributed by atoms with Gasteiger partial charge in [-0.05, 0) is 37.5 Å². The monoisotopic (exact) mass is 252 g/mol. The molecule has 92 valence electrons. The van der Waals surface area contributed by atoms with Gasteiger partial charge in [0, 0.05) is 23.8 Å². The molecule has 1 aliphatic rings. The van der Waals surface area contributed by atoms with Crippen molar-refractivity contribution in [2.75, 3.05) is 11.4 Å². The fourth-order valence-corrected chi connectivity index (χ4v) is 2.71. The Kier molecular flexibility index (Phi) is 3.33. The van der Waals surface area contributed by atoms with Crippen LogP contribution in [0, 0.1) is 11.7 Å². The highest BCUT2D eigenvalue weighted by atomic mass is 32.1. The number of nitrogens with two attached hydrogens (primary N) is 1. The van der Waals surface area contributed by atoms with Gasteiger partial charge < -0.3 is 10.6 Å². The highest BCUT2D eigenvalue weighted by molar-refractivity contribution is 7.80. The number of thiocarbonyl (C=S) groups is 1. The van der Waals surface area contributed by atoms with Gasteiger partial charge in [-0.2, -0.15) is 0 Å². The molecule has 2 unspecified atom stereocenters. The summed E-state index contributed by atoms with van der Waals surface area (Å²) in [6, 6.07) is 5.55. The molecule has 1 aromatic carbocycles. The summed E-state index contributed by atoms with van der Waals surface area (Å²) in [6.07, 6.45) is 1.15. The first kappa shape index (κ1) is 12.3. The highest BCUT2D eigenvalue weighted by Crippen LogP contribution is 2.29. The van der Waals surface area contributed by atoms with Crippen LogP contribution in [0.1, 0.15) is 25.8 Å². The molecule has 2 N–H and O–H groups in total. The van der Waals surface area contributed by atoms with E-state index in [2.05, 4.69) is 18.7 Å². The molecule has 17 heavy (non-hydrogen) atoms. The number of halogens is 1. The zero-order valence-electron chi connectivity index (χ0n) is 10.1. The zero-order chi connectivity index (χ0) is 12.6. The lowest BCUT2D eigenvalue weighted by molar-refractivity contribution is 0.622. The van der Waals surface area contributed by atoms with E-state index in [1.165, 1.54) is 6.07 Å². The molecule has 0 aliphatic carbocycles. The summed E-state index contributed by atoms with van der Waals surface area (Å²) in [5, 5.41) is 0. The Hall–Kier alpha value is -1.16. The van der Waals surface area contributed by atoms with Crippen molar-refractivity contribution < 1.29 is 4.39 Å². The Balaban J connectivity index is 2.29. The van der Waals surface area contributed by atoms with Gasteiger partial charge in [-0.3, -0.25) is 0 Å². The van der Waals surface area contributed by atoms with Gasteiger partial charge >= 0.3 is 0 Å². The van der Waals surface area contributed by atoms with E-state index >= 15 is 0 Å². The summed E-state index contributed by atoms with van der Waals surface area (Å²) in [6.45, 7) is 5.37. The van der Waals surface area contributed by atoms with Gasteiger partial charge in [0.15, 0.2) is 0 Å². The van der Waals surface area contributed by atoms with Crippen molar-refractivity contribution in [2.24, 2.45) is 11.7 Å². The first-order chi connectivity index (χ1) is 7.99. The minimum absolute atomic E-state index is 0.108. The van der Waals surface area contributed by atoms with Crippen molar-refractivity contribution in [1.29, 1.82) is 0 Å². The van der Waals surface area contributed by atoms with Gasteiger partial charge in [0.25, 0.3) is 0 Å². The van der Waals surface area contributed by atoms with Crippen LogP contribution in [0.25, 0.3) is 0 Å². The largest absolute Gasteiger partial charge is 0.389 e. The number of benzene rings is 1. The van der Waals surface area contributed by atoms with Crippen LogP contribution in [0.4, 0.5) is 10.1 Å². The Morgan fingerprint density at radius 3 is 2.65 bits per heavy atom. The van der Waals surface area contributed by atoms with E-state index in [4.69, 9.17) is 18.0 Å². The molecule has 0 bridgehead atoms. The van der Waals surface area contributed by atoms with Gasteiger partial charge in [-0.1, -0.05) is 19.1 Å². The topological polar surface area (TPSA) is 29.3 Å². The van der Waals surface area contributed by atoms with E-state index in [1.807, 2.05) is 6.07 Å². The summed E-state index contributed by atoms with van der Waals surface area (Å²) in [4.78, 5) is 2.34. The van der Waals surface area contributed by atoms with Crippen molar-refractivity contribution in [2.45, 2.75) is 26.3 Å². The molecule has 0 spiro atoms. The molecule has 0 aromatic heterocycles. The van der Waals surface area contributed by atoms with Crippen LogP contribution < -0.4 is 10.6 Å². The van der Waals surface area contributed by atoms with E-state index in [0.29, 0.717) is 17.5 Å². The maximum atomic E-state index is 13.8. The number of nitrogens with zero attached hydrogens (tertiary/aromatic N) is 1. The second-order valence-corrected chi connectivity index (χ2v) is 5.31. The molecule has 1 fully saturated rings. The molecule has 1 aromatic rings. The smallest absolute Gasteiger partial charge is 0.135 e. The number of hydrogen-bond donors (Lipinski definition) is 1. The van der Waals surface area contributed by atoms with E-state index < -0.39 is 0 Å². The Labute approximate surface area is 107 Å². The zero-order valence-corrected chi connectivity index (χ0v) is 10.9. The van der Waals surface area contributed by atoms with Crippen LogP contribution in [0.3, 0.4) is 0 Å². The first-order valence-corrected chi connectivity index (χ1v) is 6.26. The third-order valence-electron chi connectivity index (χ3n) is 3.33. The van der Waals surface area contributed by atoms with Gasteiger partial charge in [-0.15, -0.1) is 0 Å². The first-order valence-electron chi connectivity index (χ1n) is 5.85. The molecule has 1 heterocycles. The standard InChI is InChI=1S/C13H17FN2S/c1-8-5-9(2)16(7-8)10-3-4-11(13(15)17)12(14)6-10/h3-4,6,8-9H,5,7H2,1-2H3,(H2,15,17). The highest BCUT2D eigenvalue weighted by Gasteiger charge is 2.26. The van der Waals surface area contributed by atoms with Crippen LogP contribution in [0.5, 0.6) is 0 Å². The lowest BCUT2D eigenvalue weighted by Crippen LogP contribution is -2.27. The van der Waals surface area contributed by atoms with Gasteiger partial charge in [0.2, 0.25) is 0 Å². The number of rotatable bonds is 2. The number of anilines is 1. The molecule has 2 rings (SSSR count). The van der Waals surface area contributed by atoms with Crippen LogP contribution in [-0.4, -0.2) is 17.6 Å². The Morgan fingerprint density at radius 2 is 2.18 bits per heavy atom. The summed E-state index contributed by atoms with van der Waals surface area (Å²) in [5.74, 6) is 0.324. The van der Waals surface area contributed by atoms with Crippen LogP contribution >= 0.6 is 12.2 Å². The van der Waals surface area contributed by atoms with E-state index in [0.717, 1.165) is 18.7 Å². The molecule has 1 aliphatic heterocycles. The predicted molar refractivity (Wildman–Crippen MR) is 72.9 cm³/mol.